The number of carbonyl (C=O) groups excluding carboxylic acids is 1. The second-order valence-electron chi connectivity index (χ2n) is 5.39. The van der Waals surface area contributed by atoms with Gasteiger partial charge in [-0.1, -0.05) is 43.4 Å². The van der Waals surface area contributed by atoms with Crippen LogP contribution in [-0.2, 0) is 0 Å². The first-order chi connectivity index (χ1) is 10.4. The van der Waals surface area contributed by atoms with Gasteiger partial charge in [-0.15, -0.1) is 0 Å². The minimum Gasteiger partial charge on any atom is -0.477 e. The lowest BCUT2D eigenvalue weighted by Gasteiger charge is -2.22. The Labute approximate surface area is 133 Å². The van der Waals surface area contributed by atoms with Gasteiger partial charge in [-0.05, 0) is 25.0 Å². The quantitative estimate of drug-likeness (QED) is 0.916. The zero-order chi connectivity index (χ0) is 16.3. The first-order valence-electron chi connectivity index (χ1n) is 6.97. The molecule has 1 aromatic heterocycles. The molecule has 1 heterocycles. The first-order valence-corrected chi connectivity index (χ1v) is 7.79. The van der Waals surface area contributed by atoms with Crippen LogP contribution in [0.1, 0.15) is 39.6 Å². The largest absolute Gasteiger partial charge is 0.477 e. The van der Waals surface area contributed by atoms with E-state index in [1.807, 2.05) is 19.9 Å². The molecule has 0 fully saturated rings. The van der Waals surface area contributed by atoms with Gasteiger partial charge < -0.3 is 5.11 Å². The molecule has 0 saturated carbocycles. The van der Waals surface area contributed by atoms with Gasteiger partial charge in [0, 0.05) is 12.1 Å². The van der Waals surface area contributed by atoms with Gasteiger partial charge in [0.1, 0.15) is 4.88 Å². The standard InChI is InChI=1S/C16H18N2O3S/c1-10(2)9-18(14(19)12-7-5-4-6-8-12)16-17-11(3)13(22-16)15(20)21/h4-8,10H,9H2,1-3H3,(H,20,21). The van der Waals surface area contributed by atoms with Crippen molar-refractivity contribution in [1.29, 1.82) is 0 Å². The van der Waals surface area contributed by atoms with Crippen LogP contribution in [0.3, 0.4) is 0 Å². The molecule has 22 heavy (non-hydrogen) atoms. The normalized spacial score (nSPS) is 10.7. The Bertz CT molecular complexity index is 680. The van der Waals surface area contributed by atoms with Crippen LogP contribution in [0.5, 0.6) is 0 Å². The lowest BCUT2D eigenvalue weighted by atomic mass is 10.1. The van der Waals surface area contributed by atoms with Crippen molar-refractivity contribution in [1.82, 2.24) is 4.98 Å². The number of anilines is 1. The van der Waals surface area contributed by atoms with E-state index in [-0.39, 0.29) is 16.7 Å². The highest BCUT2D eigenvalue weighted by atomic mass is 32.1. The fourth-order valence-electron chi connectivity index (χ4n) is 2.05. The lowest BCUT2D eigenvalue weighted by Crippen LogP contribution is -2.34. The van der Waals surface area contributed by atoms with Gasteiger partial charge in [-0.3, -0.25) is 9.69 Å². The van der Waals surface area contributed by atoms with Gasteiger partial charge in [0.25, 0.3) is 5.91 Å². The minimum atomic E-state index is -1.02. The van der Waals surface area contributed by atoms with E-state index in [1.165, 1.54) is 0 Å². The number of benzene rings is 1. The van der Waals surface area contributed by atoms with Gasteiger partial charge >= 0.3 is 5.97 Å². The third-order valence-corrected chi connectivity index (χ3v) is 4.19. The van der Waals surface area contributed by atoms with E-state index in [9.17, 15) is 9.59 Å². The van der Waals surface area contributed by atoms with Crippen LogP contribution in [0.25, 0.3) is 0 Å². The number of hydrogen-bond donors (Lipinski definition) is 1. The van der Waals surface area contributed by atoms with Crippen LogP contribution in [0, 0.1) is 12.8 Å². The molecule has 0 aliphatic heterocycles. The summed E-state index contributed by atoms with van der Waals surface area (Å²) in [4.78, 5) is 29.9. The predicted octanol–water partition coefficient (Wildman–Crippen LogP) is 3.45. The van der Waals surface area contributed by atoms with Crippen molar-refractivity contribution >= 4 is 28.3 Å². The number of carboxylic acids is 1. The summed E-state index contributed by atoms with van der Waals surface area (Å²) in [5.74, 6) is -0.942. The number of carbonyl (C=O) groups is 2. The summed E-state index contributed by atoms with van der Waals surface area (Å²) in [6.45, 7) is 6.14. The number of rotatable bonds is 5. The maximum Gasteiger partial charge on any atom is 0.347 e. The van der Waals surface area contributed by atoms with Crippen molar-refractivity contribution in [2.45, 2.75) is 20.8 Å². The third kappa shape index (κ3) is 3.51. The number of hydrogen-bond acceptors (Lipinski definition) is 4. The van der Waals surface area contributed by atoms with Gasteiger partial charge in [0.15, 0.2) is 5.13 Å². The SMILES string of the molecule is Cc1nc(N(CC(C)C)C(=O)c2ccccc2)sc1C(=O)O. The molecule has 2 aromatic rings. The maximum absolute atomic E-state index is 12.7. The molecule has 0 atom stereocenters. The van der Waals surface area contributed by atoms with E-state index in [2.05, 4.69) is 4.98 Å². The molecule has 6 heteroatoms. The van der Waals surface area contributed by atoms with Crippen molar-refractivity contribution in [3.05, 3.63) is 46.5 Å². The van der Waals surface area contributed by atoms with Crippen LogP contribution in [0.15, 0.2) is 30.3 Å². The Hall–Kier alpha value is -2.21. The van der Waals surface area contributed by atoms with Crippen LogP contribution >= 0.6 is 11.3 Å². The molecule has 0 radical (unpaired) electrons. The topological polar surface area (TPSA) is 70.5 Å². The second kappa shape index (κ2) is 6.70. The van der Waals surface area contributed by atoms with E-state index in [0.29, 0.717) is 22.9 Å². The summed E-state index contributed by atoms with van der Waals surface area (Å²) in [6.07, 6.45) is 0. The number of aromatic nitrogens is 1. The number of amides is 1. The van der Waals surface area contributed by atoms with Crippen LogP contribution in [-0.4, -0.2) is 28.5 Å². The van der Waals surface area contributed by atoms with Crippen molar-refractivity contribution in [3.8, 4) is 0 Å². The Morgan fingerprint density at radius 2 is 1.91 bits per heavy atom. The third-order valence-electron chi connectivity index (χ3n) is 3.02. The average molecular weight is 318 g/mol. The fraction of sp³-hybridized carbons (Fsp3) is 0.312. The van der Waals surface area contributed by atoms with Gasteiger partial charge in [-0.2, -0.15) is 0 Å². The molecule has 0 bridgehead atoms. The molecular weight excluding hydrogens is 300 g/mol. The van der Waals surface area contributed by atoms with Crippen molar-refractivity contribution in [3.63, 3.8) is 0 Å². The van der Waals surface area contributed by atoms with E-state index in [4.69, 9.17) is 5.11 Å². The Morgan fingerprint density at radius 3 is 2.41 bits per heavy atom. The maximum atomic E-state index is 12.7. The van der Waals surface area contributed by atoms with Crippen LogP contribution in [0.2, 0.25) is 0 Å². The van der Waals surface area contributed by atoms with Gasteiger partial charge in [0.05, 0.1) is 5.69 Å². The van der Waals surface area contributed by atoms with Crippen LogP contribution < -0.4 is 4.90 Å². The molecule has 2 rings (SSSR count). The van der Waals surface area contributed by atoms with E-state index in [0.717, 1.165) is 11.3 Å². The minimum absolute atomic E-state index is 0.167. The summed E-state index contributed by atoms with van der Waals surface area (Å²) < 4.78 is 0. The number of nitrogens with zero attached hydrogens (tertiary/aromatic N) is 2. The molecule has 5 nitrogen and oxygen atoms in total. The molecular formula is C16H18N2O3S. The summed E-state index contributed by atoms with van der Waals surface area (Å²) in [7, 11) is 0. The van der Waals surface area contributed by atoms with Crippen LogP contribution in [0.4, 0.5) is 5.13 Å². The van der Waals surface area contributed by atoms with E-state index >= 15 is 0 Å². The molecule has 0 spiro atoms. The highest BCUT2D eigenvalue weighted by Crippen LogP contribution is 2.28. The number of thiazole rings is 1. The fourth-order valence-corrected chi connectivity index (χ4v) is 2.96. The average Bonchev–Trinajstić information content (AvgIpc) is 2.87. The number of aromatic carboxylic acids is 1. The van der Waals surface area contributed by atoms with E-state index in [1.54, 1.807) is 36.1 Å². The molecule has 0 aliphatic rings. The molecule has 0 aliphatic carbocycles. The van der Waals surface area contributed by atoms with E-state index < -0.39 is 5.97 Å². The Morgan fingerprint density at radius 1 is 1.27 bits per heavy atom. The molecule has 116 valence electrons. The summed E-state index contributed by atoms with van der Waals surface area (Å²) in [5.41, 5.74) is 0.995. The summed E-state index contributed by atoms with van der Waals surface area (Å²) >= 11 is 1.04. The predicted molar refractivity (Wildman–Crippen MR) is 86.8 cm³/mol. The molecule has 1 aromatic carbocycles. The molecule has 0 unspecified atom stereocenters. The first kappa shape index (κ1) is 16.2. The summed E-state index contributed by atoms with van der Waals surface area (Å²) in [6, 6.07) is 8.94. The molecule has 1 amide bonds. The smallest absolute Gasteiger partial charge is 0.347 e. The monoisotopic (exact) mass is 318 g/mol. The lowest BCUT2D eigenvalue weighted by molar-refractivity contribution is 0.0701. The Balaban J connectivity index is 2.40. The zero-order valence-electron chi connectivity index (χ0n) is 12.7. The van der Waals surface area contributed by atoms with Crippen molar-refractivity contribution in [2.75, 3.05) is 11.4 Å². The second-order valence-corrected chi connectivity index (χ2v) is 6.37. The summed E-state index contributed by atoms with van der Waals surface area (Å²) in [5, 5.41) is 9.59. The number of aryl methyl sites for hydroxylation is 1. The Kier molecular flexibility index (Phi) is 4.92. The zero-order valence-corrected chi connectivity index (χ0v) is 13.6. The molecule has 0 saturated heterocycles. The highest BCUT2D eigenvalue weighted by molar-refractivity contribution is 7.17. The molecule has 1 N–H and O–H groups in total. The number of carboxylic acid groups (broad SMARTS) is 1. The highest BCUT2D eigenvalue weighted by Gasteiger charge is 2.24. The van der Waals surface area contributed by atoms with Gasteiger partial charge in [-0.25, -0.2) is 9.78 Å². The van der Waals surface area contributed by atoms with Gasteiger partial charge in [0.2, 0.25) is 0 Å². The van der Waals surface area contributed by atoms with Crippen molar-refractivity contribution in [2.24, 2.45) is 5.92 Å². The van der Waals surface area contributed by atoms with Crippen molar-refractivity contribution < 1.29 is 14.7 Å².